The Morgan fingerprint density at radius 3 is 2.40 bits per heavy atom. The number of hydrogen-bond acceptors (Lipinski definition) is 3. The third-order valence-electron chi connectivity index (χ3n) is 3.96. The average molecular weight is 449 g/mol. The molecule has 25 heavy (non-hydrogen) atoms. The largest absolute Gasteiger partial charge is 0.445 e. The number of anilines is 1. The van der Waals surface area contributed by atoms with Crippen molar-refractivity contribution in [3.8, 4) is 0 Å². The first-order chi connectivity index (χ1) is 11.7. The second-order valence-corrected chi connectivity index (χ2v) is 9.29. The van der Waals surface area contributed by atoms with E-state index < -0.39 is 9.89 Å². The molecule has 1 aromatic carbocycles. The molecule has 0 saturated heterocycles. The Bertz CT molecular complexity index is 594. The number of alkyl halides is 3. The highest BCUT2D eigenvalue weighted by atomic mass is 35.6. The fraction of sp³-hybridized carbons (Fsp3) is 0.562. The van der Waals surface area contributed by atoms with Gasteiger partial charge in [-0.1, -0.05) is 77.3 Å². The second kappa shape index (κ2) is 9.61. The van der Waals surface area contributed by atoms with Crippen LogP contribution >= 0.6 is 58.0 Å². The maximum atomic E-state index is 12.0. The zero-order valence-corrected chi connectivity index (χ0v) is 17.1. The SMILES string of the molecule is O=C(NC1CCCCCC1Nc1ccc(Cl)c(Cl)c1)OCC(Cl)(Cl)Cl. The lowest BCUT2D eigenvalue weighted by Gasteiger charge is -2.28. The highest BCUT2D eigenvalue weighted by Gasteiger charge is 2.27. The Kier molecular flexibility index (Phi) is 8.09. The lowest BCUT2D eigenvalue weighted by Crippen LogP contribution is -2.46. The van der Waals surface area contributed by atoms with Gasteiger partial charge in [0, 0.05) is 11.7 Å². The molecule has 0 bridgehead atoms. The number of carbonyl (C=O) groups is 1. The molecule has 4 nitrogen and oxygen atoms in total. The molecule has 1 amide bonds. The van der Waals surface area contributed by atoms with E-state index in [4.69, 9.17) is 62.7 Å². The zero-order chi connectivity index (χ0) is 18.4. The molecule has 9 heteroatoms. The molecular weight excluding hydrogens is 429 g/mol. The van der Waals surface area contributed by atoms with E-state index in [0.717, 1.165) is 37.8 Å². The van der Waals surface area contributed by atoms with E-state index in [9.17, 15) is 4.79 Å². The number of rotatable bonds is 4. The van der Waals surface area contributed by atoms with E-state index in [1.54, 1.807) is 12.1 Å². The van der Waals surface area contributed by atoms with Gasteiger partial charge in [-0.25, -0.2) is 4.79 Å². The minimum absolute atomic E-state index is 0.0417. The van der Waals surface area contributed by atoms with Crippen LogP contribution in [0.5, 0.6) is 0 Å². The van der Waals surface area contributed by atoms with Crippen molar-refractivity contribution in [2.24, 2.45) is 0 Å². The van der Waals surface area contributed by atoms with Crippen molar-refractivity contribution < 1.29 is 9.53 Å². The fourth-order valence-electron chi connectivity index (χ4n) is 2.79. The molecule has 1 aliphatic carbocycles. The molecule has 1 saturated carbocycles. The Balaban J connectivity index is 2.00. The van der Waals surface area contributed by atoms with Crippen LogP contribution in [0.15, 0.2) is 18.2 Å². The monoisotopic (exact) mass is 446 g/mol. The van der Waals surface area contributed by atoms with Gasteiger partial charge in [0.1, 0.15) is 6.61 Å². The van der Waals surface area contributed by atoms with E-state index in [0.29, 0.717) is 10.0 Å². The molecule has 1 aliphatic rings. The molecule has 0 heterocycles. The third kappa shape index (κ3) is 7.48. The van der Waals surface area contributed by atoms with Crippen molar-refractivity contribution in [1.29, 1.82) is 0 Å². The van der Waals surface area contributed by atoms with E-state index in [2.05, 4.69) is 10.6 Å². The Hall–Kier alpha value is -0.260. The first-order valence-corrected chi connectivity index (χ1v) is 9.85. The van der Waals surface area contributed by atoms with Gasteiger partial charge in [0.05, 0.1) is 16.1 Å². The molecule has 2 rings (SSSR count). The first-order valence-electron chi connectivity index (χ1n) is 7.96. The minimum Gasteiger partial charge on any atom is -0.445 e. The van der Waals surface area contributed by atoms with Crippen molar-refractivity contribution >= 4 is 69.8 Å². The lowest BCUT2D eigenvalue weighted by atomic mass is 10.0. The number of hydrogen-bond donors (Lipinski definition) is 2. The van der Waals surface area contributed by atoms with Crippen LogP contribution in [0.2, 0.25) is 10.0 Å². The Morgan fingerprint density at radius 2 is 1.76 bits per heavy atom. The summed E-state index contributed by atoms with van der Waals surface area (Å²) in [6.45, 7) is -0.304. The topological polar surface area (TPSA) is 50.4 Å². The summed E-state index contributed by atoms with van der Waals surface area (Å²) >= 11 is 28.8. The Morgan fingerprint density at radius 1 is 1.08 bits per heavy atom. The molecule has 2 unspecified atom stereocenters. The van der Waals surface area contributed by atoms with Crippen molar-refractivity contribution in [2.75, 3.05) is 11.9 Å². The number of benzene rings is 1. The predicted molar refractivity (Wildman–Crippen MR) is 106 cm³/mol. The maximum absolute atomic E-state index is 12.0. The van der Waals surface area contributed by atoms with Gasteiger partial charge in [0.15, 0.2) is 0 Å². The van der Waals surface area contributed by atoms with Crippen molar-refractivity contribution in [3.63, 3.8) is 0 Å². The zero-order valence-electron chi connectivity index (χ0n) is 13.3. The quantitative estimate of drug-likeness (QED) is 0.426. The van der Waals surface area contributed by atoms with E-state index >= 15 is 0 Å². The van der Waals surface area contributed by atoms with Crippen LogP contribution < -0.4 is 10.6 Å². The summed E-state index contributed by atoms with van der Waals surface area (Å²) in [5.74, 6) is 0. The number of halogens is 5. The molecule has 0 aliphatic heterocycles. The fourth-order valence-corrected chi connectivity index (χ4v) is 3.26. The van der Waals surface area contributed by atoms with Gasteiger partial charge >= 0.3 is 6.09 Å². The number of amides is 1. The maximum Gasteiger partial charge on any atom is 0.407 e. The van der Waals surface area contributed by atoms with Crippen LogP contribution in [-0.2, 0) is 4.74 Å². The van der Waals surface area contributed by atoms with Gasteiger partial charge in [-0.05, 0) is 31.0 Å². The van der Waals surface area contributed by atoms with Gasteiger partial charge in [-0.15, -0.1) is 0 Å². The smallest absolute Gasteiger partial charge is 0.407 e. The average Bonchev–Trinajstić information content (AvgIpc) is 2.74. The van der Waals surface area contributed by atoms with Crippen molar-refractivity contribution in [2.45, 2.75) is 48.0 Å². The molecule has 1 fully saturated rings. The standard InChI is InChI=1S/C16H19Cl5N2O2/c17-11-7-6-10(8-12(11)18)22-13-4-2-1-3-5-14(13)23-15(24)25-9-16(19,20)21/h6-8,13-14,22H,1-5,9H2,(H,23,24). The predicted octanol–water partition coefficient (Wildman–Crippen LogP) is 6.20. The van der Waals surface area contributed by atoms with Crippen LogP contribution in [-0.4, -0.2) is 28.6 Å². The molecule has 0 radical (unpaired) electrons. The van der Waals surface area contributed by atoms with Crippen LogP contribution in [0, 0.1) is 0 Å². The summed E-state index contributed by atoms with van der Waals surface area (Å²) < 4.78 is 3.34. The van der Waals surface area contributed by atoms with Gasteiger partial charge in [0.2, 0.25) is 3.79 Å². The van der Waals surface area contributed by atoms with E-state index in [-0.39, 0.29) is 18.7 Å². The van der Waals surface area contributed by atoms with Crippen LogP contribution in [0.1, 0.15) is 32.1 Å². The van der Waals surface area contributed by atoms with Gasteiger partial charge < -0.3 is 15.4 Å². The molecule has 2 atom stereocenters. The summed E-state index contributed by atoms with van der Waals surface area (Å²) in [6, 6.07) is 5.31. The number of carbonyl (C=O) groups excluding carboxylic acids is 1. The van der Waals surface area contributed by atoms with Crippen LogP contribution in [0.25, 0.3) is 0 Å². The van der Waals surface area contributed by atoms with E-state index in [1.165, 1.54) is 0 Å². The van der Waals surface area contributed by atoms with E-state index in [1.807, 2.05) is 6.07 Å². The first kappa shape index (κ1) is 21.0. The van der Waals surface area contributed by atoms with Gasteiger partial charge in [-0.2, -0.15) is 0 Å². The second-order valence-electron chi connectivity index (χ2n) is 5.96. The van der Waals surface area contributed by atoms with Gasteiger partial charge in [-0.3, -0.25) is 0 Å². The molecule has 140 valence electrons. The number of nitrogens with one attached hydrogen (secondary N) is 2. The highest BCUT2D eigenvalue weighted by Crippen LogP contribution is 2.28. The molecule has 2 N–H and O–H groups in total. The van der Waals surface area contributed by atoms with Crippen molar-refractivity contribution in [3.05, 3.63) is 28.2 Å². The summed E-state index contributed by atoms with van der Waals surface area (Å²) in [6.07, 6.45) is 4.35. The lowest BCUT2D eigenvalue weighted by molar-refractivity contribution is 0.142. The summed E-state index contributed by atoms with van der Waals surface area (Å²) in [5, 5.41) is 7.27. The number of ether oxygens (including phenoxy) is 1. The molecule has 1 aromatic rings. The van der Waals surface area contributed by atoms with Crippen LogP contribution in [0.3, 0.4) is 0 Å². The summed E-state index contributed by atoms with van der Waals surface area (Å²) in [5.41, 5.74) is 0.850. The van der Waals surface area contributed by atoms with Gasteiger partial charge in [0.25, 0.3) is 0 Å². The molecule has 0 aromatic heterocycles. The normalized spacial score (nSPS) is 21.3. The molecule has 0 spiro atoms. The van der Waals surface area contributed by atoms with Crippen LogP contribution in [0.4, 0.5) is 10.5 Å². The molecular formula is C16H19Cl5N2O2. The third-order valence-corrected chi connectivity index (χ3v) is 5.02. The minimum atomic E-state index is -1.63. The van der Waals surface area contributed by atoms with Crippen molar-refractivity contribution in [1.82, 2.24) is 5.32 Å². The Labute approximate surface area is 172 Å². The summed E-state index contributed by atoms with van der Waals surface area (Å²) in [4.78, 5) is 12.0. The number of alkyl carbamates (subject to hydrolysis) is 1. The summed E-state index contributed by atoms with van der Waals surface area (Å²) in [7, 11) is 0. The highest BCUT2D eigenvalue weighted by molar-refractivity contribution is 6.67.